The fraction of sp³-hybridized carbons (Fsp3) is 0.364. The van der Waals surface area contributed by atoms with Crippen LogP contribution in [-0.4, -0.2) is 60.4 Å². The Morgan fingerprint density at radius 1 is 1.06 bits per heavy atom. The number of hydrogen-bond donors (Lipinski definition) is 2. The predicted molar refractivity (Wildman–Crippen MR) is 123 cm³/mol. The Labute approximate surface area is 183 Å². The zero-order valence-corrected chi connectivity index (χ0v) is 18.6. The quantitative estimate of drug-likeness (QED) is 0.607. The number of para-hydroxylation sites is 1. The second-order valence-corrected chi connectivity index (χ2v) is 9.71. The highest BCUT2D eigenvalue weighted by molar-refractivity contribution is 7.89. The van der Waals surface area contributed by atoms with Gasteiger partial charge in [0.2, 0.25) is 16.0 Å². The van der Waals surface area contributed by atoms with Crippen LogP contribution < -0.4 is 10.5 Å². The Balaban J connectivity index is 1.52. The lowest BCUT2D eigenvalue weighted by atomic mass is 10.1. The maximum atomic E-state index is 11.4. The van der Waals surface area contributed by atoms with Crippen LogP contribution in [0.2, 0.25) is 0 Å². The molecule has 3 aromatic rings. The topological polar surface area (TPSA) is 104 Å². The fourth-order valence-corrected chi connectivity index (χ4v) is 4.36. The number of piperazine rings is 1. The zero-order valence-electron chi connectivity index (χ0n) is 17.8. The van der Waals surface area contributed by atoms with E-state index in [1.165, 1.54) is 17.7 Å². The van der Waals surface area contributed by atoms with E-state index in [0.29, 0.717) is 17.7 Å². The van der Waals surface area contributed by atoms with Crippen molar-refractivity contribution in [2.75, 3.05) is 31.5 Å². The van der Waals surface area contributed by atoms with Gasteiger partial charge in [0.05, 0.1) is 10.4 Å². The SMILES string of the molecule is CC(C)N1CCN(Cc2cccc3cnc(Nc4ccc(S(N)(=O)=O)cc4)nc23)CC1. The first-order valence-corrected chi connectivity index (χ1v) is 12.0. The lowest BCUT2D eigenvalue weighted by molar-refractivity contribution is 0.104. The van der Waals surface area contributed by atoms with Crippen LogP contribution in [0.15, 0.2) is 53.6 Å². The van der Waals surface area contributed by atoms with Gasteiger partial charge in [-0.25, -0.2) is 23.5 Å². The Morgan fingerprint density at radius 2 is 1.77 bits per heavy atom. The van der Waals surface area contributed by atoms with Crippen molar-refractivity contribution in [3.8, 4) is 0 Å². The summed E-state index contributed by atoms with van der Waals surface area (Å²) in [5, 5.41) is 9.30. The van der Waals surface area contributed by atoms with Gasteiger partial charge in [0.25, 0.3) is 0 Å². The van der Waals surface area contributed by atoms with Crippen LogP contribution in [0.25, 0.3) is 10.9 Å². The highest BCUT2D eigenvalue weighted by Crippen LogP contribution is 2.22. The van der Waals surface area contributed by atoms with E-state index >= 15 is 0 Å². The smallest absolute Gasteiger partial charge is 0.238 e. The molecule has 164 valence electrons. The zero-order chi connectivity index (χ0) is 22.0. The second-order valence-electron chi connectivity index (χ2n) is 8.15. The first-order valence-electron chi connectivity index (χ1n) is 10.4. The third-order valence-corrected chi connectivity index (χ3v) is 6.59. The maximum absolute atomic E-state index is 11.4. The second kappa shape index (κ2) is 8.88. The van der Waals surface area contributed by atoms with Crippen molar-refractivity contribution in [2.24, 2.45) is 5.14 Å². The average molecular weight is 441 g/mol. The highest BCUT2D eigenvalue weighted by atomic mass is 32.2. The van der Waals surface area contributed by atoms with Gasteiger partial charge in [-0.05, 0) is 43.7 Å². The van der Waals surface area contributed by atoms with Gasteiger partial charge in [-0.15, -0.1) is 0 Å². The molecule has 0 spiro atoms. The summed E-state index contributed by atoms with van der Waals surface area (Å²) >= 11 is 0. The molecular weight excluding hydrogens is 412 g/mol. The van der Waals surface area contributed by atoms with Gasteiger partial charge in [0.15, 0.2) is 0 Å². The van der Waals surface area contributed by atoms with Crippen LogP contribution in [0.3, 0.4) is 0 Å². The molecule has 1 aliphatic rings. The van der Waals surface area contributed by atoms with E-state index < -0.39 is 10.0 Å². The summed E-state index contributed by atoms with van der Waals surface area (Å²) in [5.74, 6) is 0.466. The molecule has 0 bridgehead atoms. The number of nitrogens with one attached hydrogen (secondary N) is 1. The normalized spacial score (nSPS) is 16.1. The molecular formula is C22H28N6O2S. The summed E-state index contributed by atoms with van der Waals surface area (Å²) in [6, 6.07) is 13.0. The van der Waals surface area contributed by atoms with Crippen LogP contribution in [-0.2, 0) is 16.6 Å². The Bertz CT molecular complexity index is 1160. The van der Waals surface area contributed by atoms with Gasteiger partial charge in [0.1, 0.15) is 0 Å². The van der Waals surface area contributed by atoms with Crippen molar-refractivity contribution in [1.82, 2.24) is 19.8 Å². The van der Waals surface area contributed by atoms with Gasteiger partial charge in [-0.2, -0.15) is 0 Å². The van der Waals surface area contributed by atoms with E-state index in [-0.39, 0.29) is 4.90 Å². The lowest BCUT2D eigenvalue weighted by Crippen LogP contribution is -2.48. The number of rotatable bonds is 6. The van der Waals surface area contributed by atoms with Crippen molar-refractivity contribution < 1.29 is 8.42 Å². The molecule has 2 heterocycles. The minimum Gasteiger partial charge on any atom is -0.324 e. The molecule has 31 heavy (non-hydrogen) atoms. The summed E-state index contributed by atoms with van der Waals surface area (Å²) in [4.78, 5) is 14.2. The summed E-state index contributed by atoms with van der Waals surface area (Å²) in [7, 11) is -3.72. The molecule has 0 unspecified atom stereocenters. The average Bonchev–Trinajstić information content (AvgIpc) is 2.74. The third-order valence-electron chi connectivity index (χ3n) is 5.66. The van der Waals surface area contributed by atoms with Crippen molar-refractivity contribution in [1.29, 1.82) is 0 Å². The van der Waals surface area contributed by atoms with Crippen molar-refractivity contribution in [3.63, 3.8) is 0 Å². The number of aromatic nitrogens is 2. The van der Waals surface area contributed by atoms with E-state index in [1.807, 2.05) is 18.3 Å². The monoisotopic (exact) mass is 440 g/mol. The fourth-order valence-electron chi connectivity index (χ4n) is 3.84. The number of fused-ring (bicyclic) bond motifs is 1. The van der Waals surface area contributed by atoms with Crippen molar-refractivity contribution in [2.45, 2.75) is 31.3 Å². The number of hydrogen-bond acceptors (Lipinski definition) is 7. The minimum atomic E-state index is -3.72. The molecule has 4 rings (SSSR count). The Morgan fingerprint density at radius 3 is 2.42 bits per heavy atom. The molecule has 0 atom stereocenters. The largest absolute Gasteiger partial charge is 0.324 e. The van der Waals surface area contributed by atoms with Crippen LogP contribution in [0.5, 0.6) is 0 Å². The summed E-state index contributed by atoms with van der Waals surface area (Å²) < 4.78 is 22.9. The standard InChI is InChI=1S/C22H28N6O2S/c1-16(2)28-12-10-27(11-13-28)15-18-5-3-4-17-14-24-22(26-21(17)18)25-19-6-8-20(9-7-19)31(23,29)30/h3-9,14,16H,10-13,15H2,1-2H3,(H2,23,29,30)(H,24,25,26). The van der Waals surface area contributed by atoms with Crippen LogP contribution >= 0.6 is 0 Å². The van der Waals surface area contributed by atoms with Crippen molar-refractivity contribution >= 4 is 32.6 Å². The van der Waals surface area contributed by atoms with E-state index in [0.717, 1.165) is 43.6 Å². The first-order chi connectivity index (χ1) is 14.8. The van der Waals surface area contributed by atoms with Crippen molar-refractivity contribution in [3.05, 3.63) is 54.2 Å². The molecule has 1 aliphatic heterocycles. The highest BCUT2D eigenvalue weighted by Gasteiger charge is 2.19. The van der Waals surface area contributed by atoms with Crippen LogP contribution in [0, 0.1) is 0 Å². The molecule has 0 saturated carbocycles. The number of nitrogens with zero attached hydrogens (tertiary/aromatic N) is 4. The molecule has 0 amide bonds. The number of primary sulfonamides is 1. The maximum Gasteiger partial charge on any atom is 0.238 e. The minimum absolute atomic E-state index is 0.0670. The molecule has 0 radical (unpaired) electrons. The molecule has 3 N–H and O–H groups in total. The first kappa shape index (κ1) is 21.6. The Hall–Kier alpha value is -2.59. The number of benzene rings is 2. The molecule has 9 heteroatoms. The van der Waals surface area contributed by atoms with E-state index in [9.17, 15) is 8.42 Å². The molecule has 2 aromatic carbocycles. The molecule has 1 aromatic heterocycles. The van der Waals surface area contributed by atoms with Gasteiger partial charge in [-0.3, -0.25) is 9.80 Å². The van der Waals surface area contributed by atoms with E-state index in [1.54, 1.807) is 12.1 Å². The number of anilines is 2. The number of nitrogens with two attached hydrogens (primary N) is 1. The van der Waals surface area contributed by atoms with Gasteiger partial charge in [0, 0.05) is 56.0 Å². The lowest BCUT2D eigenvalue weighted by Gasteiger charge is -2.37. The molecule has 0 aliphatic carbocycles. The van der Waals surface area contributed by atoms with Crippen LogP contribution in [0.1, 0.15) is 19.4 Å². The summed E-state index contributed by atoms with van der Waals surface area (Å²) in [5.41, 5.74) is 2.78. The molecule has 1 fully saturated rings. The molecule has 1 saturated heterocycles. The molecule has 8 nitrogen and oxygen atoms in total. The summed E-state index contributed by atoms with van der Waals surface area (Å²) in [6.07, 6.45) is 1.81. The van der Waals surface area contributed by atoms with E-state index in [2.05, 4.69) is 40.0 Å². The van der Waals surface area contributed by atoms with Crippen LogP contribution in [0.4, 0.5) is 11.6 Å². The van der Waals surface area contributed by atoms with Gasteiger partial charge in [-0.1, -0.05) is 18.2 Å². The Kier molecular flexibility index (Phi) is 6.19. The van der Waals surface area contributed by atoms with Gasteiger partial charge >= 0.3 is 0 Å². The van der Waals surface area contributed by atoms with E-state index in [4.69, 9.17) is 10.1 Å². The number of sulfonamides is 1. The summed E-state index contributed by atoms with van der Waals surface area (Å²) in [6.45, 7) is 9.59. The van der Waals surface area contributed by atoms with Gasteiger partial charge < -0.3 is 5.32 Å². The predicted octanol–water partition coefficient (Wildman–Crippen LogP) is 2.55. The third kappa shape index (κ3) is 5.19.